The zero-order valence-corrected chi connectivity index (χ0v) is 16.7. The quantitative estimate of drug-likeness (QED) is 0.781. The Kier molecular flexibility index (Phi) is 6.27. The third kappa shape index (κ3) is 5.76. The zero-order chi connectivity index (χ0) is 19.6. The van der Waals surface area contributed by atoms with Crippen molar-refractivity contribution in [2.24, 2.45) is 0 Å². The van der Waals surface area contributed by atoms with Crippen LogP contribution in [0, 0.1) is 0 Å². The Balaban J connectivity index is 3.18. The molecule has 1 aromatic rings. The molecule has 0 atom stereocenters. The van der Waals surface area contributed by atoms with Gasteiger partial charge in [-0.2, -0.15) is 0 Å². The second-order valence-corrected chi connectivity index (χ2v) is 8.82. The van der Waals surface area contributed by atoms with Gasteiger partial charge in [-0.3, -0.25) is 9.59 Å². The van der Waals surface area contributed by atoms with E-state index in [0.29, 0.717) is 5.56 Å². The Hall–Kier alpha value is -2.04. The van der Waals surface area contributed by atoms with Gasteiger partial charge in [-0.15, -0.1) is 0 Å². The Morgan fingerprint density at radius 3 is 1.80 bits per heavy atom. The lowest BCUT2D eigenvalue weighted by atomic mass is 9.78. The Morgan fingerprint density at radius 2 is 1.44 bits per heavy atom. The smallest absolute Gasteiger partial charge is 0.251 e. The van der Waals surface area contributed by atoms with Gasteiger partial charge < -0.3 is 15.7 Å². The molecule has 0 radical (unpaired) electrons. The first kappa shape index (κ1) is 21.0. The van der Waals surface area contributed by atoms with Crippen molar-refractivity contribution in [3.63, 3.8) is 0 Å². The SMILES string of the molecule is CC(C)NC(=O)CNC(=O)c1cc(C(C)(C)C)c(O)c(C(C)(C)C)c1. The van der Waals surface area contributed by atoms with Crippen LogP contribution in [0.4, 0.5) is 0 Å². The first-order valence-electron chi connectivity index (χ1n) is 8.69. The number of benzene rings is 1. The monoisotopic (exact) mass is 348 g/mol. The third-order valence-corrected chi connectivity index (χ3v) is 3.85. The number of rotatable bonds is 4. The first-order valence-corrected chi connectivity index (χ1v) is 8.69. The van der Waals surface area contributed by atoms with E-state index in [0.717, 1.165) is 11.1 Å². The number of carbonyl (C=O) groups is 2. The number of hydrogen-bond donors (Lipinski definition) is 3. The van der Waals surface area contributed by atoms with Gasteiger partial charge in [0.05, 0.1) is 6.54 Å². The summed E-state index contributed by atoms with van der Waals surface area (Å²) in [6.07, 6.45) is 0. The second kappa shape index (κ2) is 7.46. The standard InChI is InChI=1S/C20H32N2O3/c1-12(2)22-16(23)11-21-18(25)13-9-14(19(3,4)5)17(24)15(10-13)20(6,7)8/h9-10,12,24H,11H2,1-8H3,(H,21,25)(H,22,23). The molecule has 1 rings (SSSR count). The second-order valence-electron chi connectivity index (χ2n) is 8.82. The van der Waals surface area contributed by atoms with Crippen molar-refractivity contribution in [2.45, 2.75) is 72.3 Å². The Bertz CT molecular complexity index is 615. The minimum Gasteiger partial charge on any atom is -0.507 e. The minimum atomic E-state index is -0.324. The highest BCUT2D eigenvalue weighted by Crippen LogP contribution is 2.39. The summed E-state index contributed by atoms with van der Waals surface area (Å²) in [6, 6.07) is 3.44. The van der Waals surface area contributed by atoms with E-state index in [-0.39, 0.29) is 41.0 Å². The summed E-state index contributed by atoms with van der Waals surface area (Å²) in [5.41, 5.74) is 1.27. The van der Waals surface area contributed by atoms with Gasteiger partial charge in [-0.25, -0.2) is 0 Å². The molecule has 25 heavy (non-hydrogen) atoms. The van der Waals surface area contributed by atoms with Crippen LogP contribution in [-0.2, 0) is 15.6 Å². The number of nitrogens with one attached hydrogen (secondary N) is 2. The van der Waals surface area contributed by atoms with Gasteiger partial charge in [0.25, 0.3) is 5.91 Å². The summed E-state index contributed by atoms with van der Waals surface area (Å²) in [5, 5.41) is 16.1. The van der Waals surface area contributed by atoms with E-state index >= 15 is 0 Å². The van der Waals surface area contributed by atoms with Crippen LogP contribution in [0.1, 0.15) is 76.9 Å². The van der Waals surface area contributed by atoms with Gasteiger partial charge >= 0.3 is 0 Å². The maximum Gasteiger partial charge on any atom is 0.251 e. The normalized spacial score (nSPS) is 12.2. The van der Waals surface area contributed by atoms with E-state index in [2.05, 4.69) is 10.6 Å². The molecule has 0 saturated heterocycles. The van der Waals surface area contributed by atoms with E-state index in [1.165, 1.54) is 0 Å². The van der Waals surface area contributed by atoms with Gasteiger partial charge in [0.1, 0.15) is 5.75 Å². The number of aromatic hydroxyl groups is 1. The van der Waals surface area contributed by atoms with Gasteiger partial charge in [0.2, 0.25) is 5.91 Å². The number of phenolic OH excluding ortho intramolecular Hbond substituents is 1. The van der Waals surface area contributed by atoms with Crippen molar-refractivity contribution in [3.05, 3.63) is 28.8 Å². The molecule has 0 bridgehead atoms. The van der Waals surface area contributed by atoms with Gasteiger partial charge in [-0.05, 0) is 36.8 Å². The molecular weight excluding hydrogens is 316 g/mol. The molecule has 0 heterocycles. The average molecular weight is 348 g/mol. The molecule has 140 valence electrons. The molecule has 0 aliphatic rings. The maximum absolute atomic E-state index is 12.5. The summed E-state index contributed by atoms with van der Waals surface area (Å²) in [4.78, 5) is 24.3. The molecule has 0 saturated carbocycles. The molecule has 0 aliphatic carbocycles. The van der Waals surface area contributed by atoms with Crippen LogP contribution >= 0.6 is 0 Å². The number of carbonyl (C=O) groups excluding carboxylic acids is 2. The largest absolute Gasteiger partial charge is 0.507 e. The fourth-order valence-electron chi connectivity index (χ4n) is 2.54. The minimum absolute atomic E-state index is 0.0260. The fourth-order valence-corrected chi connectivity index (χ4v) is 2.54. The summed E-state index contributed by atoms with van der Waals surface area (Å²) in [7, 11) is 0. The molecule has 3 N–H and O–H groups in total. The van der Waals surface area contributed by atoms with Crippen LogP contribution in [0.15, 0.2) is 12.1 Å². The van der Waals surface area contributed by atoms with Crippen molar-refractivity contribution in [3.8, 4) is 5.75 Å². The summed E-state index contributed by atoms with van der Waals surface area (Å²) in [5.74, 6) is -0.321. The van der Waals surface area contributed by atoms with Crippen LogP contribution in [0.5, 0.6) is 5.75 Å². The fraction of sp³-hybridized carbons (Fsp3) is 0.600. The van der Waals surface area contributed by atoms with Crippen LogP contribution in [0.25, 0.3) is 0 Å². The lowest BCUT2D eigenvalue weighted by molar-refractivity contribution is -0.120. The Labute approximate surface area is 151 Å². The molecule has 5 nitrogen and oxygen atoms in total. The summed E-state index contributed by atoms with van der Waals surface area (Å²) in [6.45, 7) is 15.6. The maximum atomic E-state index is 12.5. The third-order valence-electron chi connectivity index (χ3n) is 3.85. The number of phenols is 1. The van der Waals surface area contributed by atoms with E-state index in [4.69, 9.17) is 0 Å². The molecule has 0 fully saturated rings. The van der Waals surface area contributed by atoms with Crippen molar-refractivity contribution >= 4 is 11.8 Å². The topological polar surface area (TPSA) is 78.4 Å². The molecule has 0 aliphatic heterocycles. The highest BCUT2D eigenvalue weighted by atomic mass is 16.3. The molecular formula is C20H32N2O3. The molecule has 0 spiro atoms. The Morgan fingerprint density at radius 1 is 1.00 bits per heavy atom. The average Bonchev–Trinajstić information content (AvgIpc) is 2.41. The van der Waals surface area contributed by atoms with E-state index in [1.807, 2.05) is 55.4 Å². The summed E-state index contributed by atoms with van der Waals surface area (Å²) >= 11 is 0. The lowest BCUT2D eigenvalue weighted by Gasteiger charge is -2.28. The molecule has 2 amide bonds. The number of amides is 2. The van der Waals surface area contributed by atoms with Crippen molar-refractivity contribution in [2.75, 3.05) is 6.54 Å². The number of hydrogen-bond acceptors (Lipinski definition) is 3. The van der Waals surface area contributed by atoms with E-state index in [9.17, 15) is 14.7 Å². The van der Waals surface area contributed by atoms with Crippen LogP contribution < -0.4 is 10.6 Å². The molecule has 1 aromatic carbocycles. The van der Waals surface area contributed by atoms with Crippen molar-refractivity contribution < 1.29 is 14.7 Å². The lowest BCUT2D eigenvalue weighted by Crippen LogP contribution is -2.40. The van der Waals surface area contributed by atoms with Crippen LogP contribution in [0.3, 0.4) is 0 Å². The molecule has 0 unspecified atom stereocenters. The molecule has 5 heteroatoms. The van der Waals surface area contributed by atoms with Crippen molar-refractivity contribution in [1.29, 1.82) is 0 Å². The zero-order valence-electron chi connectivity index (χ0n) is 16.7. The molecule has 0 aromatic heterocycles. The highest BCUT2D eigenvalue weighted by molar-refractivity contribution is 5.97. The summed E-state index contributed by atoms with van der Waals surface area (Å²) < 4.78 is 0. The van der Waals surface area contributed by atoms with E-state index < -0.39 is 0 Å². The van der Waals surface area contributed by atoms with Crippen molar-refractivity contribution in [1.82, 2.24) is 10.6 Å². The van der Waals surface area contributed by atoms with Crippen LogP contribution in [-0.4, -0.2) is 29.5 Å². The first-order chi connectivity index (χ1) is 11.2. The predicted molar refractivity (Wildman–Crippen MR) is 101 cm³/mol. The van der Waals surface area contributed by atoms with Crippen LogP contribution in [0.2, 0.25) is 0 Å². The van der Waals surface area contributed by atoms with E-state index in [1.54, 1.807) is 12.1 Å². The van der Waals surface area contributed by atoms with Gasteiger partial charge in [-0.1, -0.05) is 41.5 Å². The van der Waals surface area contributed by atoms with Gasteiger partial charge in [0.15, 0.2) is 0 Å². The van der Waals surface area contributed by atoms with Gasteiger partial charge in [0, 0.05) is 22.7 Å². The highest BCUT2D eigenvalue weighted by Gasteiger charge is 2.27. The predicted octanol–water partition coefficient (Wildman–Crippen LogP) is 3.24.